The molecule has 9 unspecified atom stereocenters. The maximum atomic E-state index is 11.6. The largest absolute Gasteiger partial charge is 0.393 e. The summed E-state index contributed by atoms with van der Waals surface area (Å²) in [5, 5.41) is 33.0. The Morgan fingerprint density at radius 3 is 2.33 bits per heavy atom. The van der Waals surface area contributed by atoms with E-state index in [4.69, 9.17) is 0 Å². The van der Waals surface area contributed by atoms with Gasteiger partial charge in [-0.15, -0.1) is 0 Å². The quantitative estimate of drug-likeness (QED) is 0.546. The van der Waals surface area contributed by atoms with Crippen LogP contribution < -0.4 is 0 Å². The molecule has 4 saturated carbocycles. The average molecular weight is 421 g/mol. The van der Waals surface area contributed by atoms with Crippen LogP contribution in [0.3, 0.4) is 0 Å². The molecule has 0 aromatic carbocycles. The Morgan fingerprint density at radius 1 is 0.900 bits per heavy atom. The highest BCUT2D eigenvalue weighted by Crippen LogP contribution is 2.69. The van der Waals surface area contributed by atoms with Gasteiger partial charge in [-0.25, -0.2) is 0 Å². The number of aliphatic hydroxyl groups is 3. The molecule has 0 spiro atoms. The molecule has 30 heavy (non-hydrogen) atoms. The van der Waals surface area contributed by atoms with Crippen molar-refractivity contribution in [1.29, 1.82) is 0 Å². The van der Waals surface area contributed by atoms with Gasteiger partial charge in [0.05, 0.1) is 17.8 Å². The third-order valence-electron chi connectivity index (χ3n) is 11.0. The number of hydrogen-bond donors (Lipinski definition) is 3. The minimum atomic E-state index is -1.11. The minimum Gasteiger partial charge on any atom is -0.393 e. The molecule has 174 valence electrons. The first-order valence-corrected chi connectivity index (χ1v) is 13.1. The van der Waals surface area contributed by atoms with E-state index in [9.17, 15) is 15.3 Å². The van der Waals surface area contributed by atoms with E-state index in [1.54, 1.807) is 0 Å². The van der Waals surface area contributed by atoms with Gasteiger partial charge in [0.2, 0.25) is 0 Å². The topological polar surface area (TPSA) is 60.7 Å². The lowest BCUT2D eigenvalue weighted by Gasteiger charge is -2.65. The van der Waals surface area contributed by atoms with E-state index in [2.05, 4.69) is 34.6 Å². The van der Waals surface area contributed by atoms with Gasteiger partial charge < -0.3 is 15.3 Å². The van der Waals surface area contributed by atoms with Crippen LogP contribution in [0.2, 0.25) is 0 Å². The zero-order chi connectivity index (χ0) is 21.9. The lowest BCUT2D eigenvalue weighted by atomic mass is 9.42. The lowest BCUT2D eigenvalue weighted by molar-refractivity contribution is -0.264. The van der Waals surface area contributed by atoms with Crippen molar-refractivity contribution in [2.75, 3.05) is 0 Å². The summed E-state index contributed by atoms with van der Waals surface area (Å²) in [6.45, 7) is 12.0. The fraction of sp³-hybridized carbons (Fsp3) is 1.00. The second-order valence-corrected chi connectivity index (χ2v) is 12.9. The maximum Gasteiger partial charge on any atom is 0.0985 e. The van der Waals surface area contributed by atoms with Crippen LogP contribution in [-0.4, -0.2) is 33.1 Å². The molecule has 4 rings (SSSR count). The van der Waals surface area contributed by atoms with E-state index in [-0.39, 0.29) is 5.41 Å². The number of aliphatic hydroxyl groups excluding tert-OH is 2. The highest BCUT2D eigenvalue weighted by molar-refractivity contribution is 5.17. The fourth-order valence-electron chi connectivity index (χ4n) is 9.29. The van der Waals surface area contributed by atoms with Crippen LogP contribution in [0.4, 0.5) is 0 Å². The molecule has 0 heterocycles. The van der Waals surface area contributed by atoms with Gasteiger partial charge in [0.15, 0.2) is 0 Å². The average Bonchev–Trinajstić information content (AvgIpc) is 3.01. The molecule has 3 nitrogen and oxygen atoms in total. The SMILES string of the molecule is CC(C)CCCC(C)C1CCC2C3CC(O)[C@]4(O)CC(O)CCC4(C)C3CCC12C. The Bertz CT molecular complexity index is 619. The van der Waals surface area contributed by atoms with Gasteiger partial charge in [0.1, 0.15) is 0 Å². The van der Waals surface area contributed by atoms with E-state index in [1.807, 2.05) is 0 Å². The van der Waals surface area contributed by atoms with Gasteiger partial charge in [0, 0.05) is 11.8 Å². The van der Waals surface area contributed by atoms with Gasteiger partial charge in [0.25, 0.3) is 0 Å². The first-order valence-electron chi connectivity index (χ1n) is 13.1. The lowest BCUT2D eigenvalue weighted by Crippen LogP contribution is -2.68. The van der Waals surface area contributed by atoms with Crippen LogP contribution >= 0.6 is 0 Å². The zero-order valence-corrected chi connectivity index (χ0v) is 20.2. The van der Waals surface area contributed by atoms with E-state index < -0.39 is 17.8 Å². The molecule has 0 aromatic rings. The Kier molecular flexibility index (Phi) is 6.17. The fourth-order valence-corrected chi connectivity index (χ4v) is 9.29. The highest BCUT2D eigenvalue weighted by atomic mass is 16.3. The third kappa shape index (κ3) is 3.41. The van der Waals surface area contributed by atoms with Gasteiger partial charge in [-0.3, -0.25) is 0 Å². The maximum absolute atomic E-state index is 11.6. The summed E-state index contributed by atoms with van der Waals surface area (Å²) in [6.07, 6.45) is 10.7. The van der Waals surface area contributed by atoms with Crippen molar-refractivity contribution < 1.29 is 15.3 Å². The number of hydrogen-bond acceptors (Lipinski definition) is 3. The Labute approximate surface area is 185 Å². The summed E-state index contributed by atoms with van der Waals surface area (Å²) in [7, 11) is 0. The van der Waals surface area contributed by atoms with Crippen molar-refractivity contribution in [3.05, 3.63) is 0 Å². The van der Waals surface area contributed by atoms with Crippen molar-refractivity contribution in [2.45, 2.75) is 123 Å². The van der Waals surface area contributed by atoms with Crippen molar-refractivity contribution in [3.8, 4) is 0 Å². The summed E-state index contributed by atoms with van der Waals surface area (Å²) in [4.78, 5) is 0. The second-order valence-electron chi connectivity index (χ2n) is 12.9. The Morgan fingerprint density at radius 2 is 1.63 bits per heavy atom. The molecule has 0 amide bonds. The summed E-state index contributed by atoms with van der Waals surface area (Å²) >= 11 is 0. The van der Waals surface area contributed by atoms with Crippen molar-refractivity contribution in [3.63, 3.8) is 0 Å². The van der Waals surface area contributed by atoms with E-state index >= 15 is 0 Å². The van der Waals surface area contributed by atoms with Crippen LogP contribution in [-0.2, 0) is 0 Å². The molecular formula is C27H48O3. The molecule has 4 aliphatic carbocycles. The first kappa shape index (κ1) is 23.1. The van der Waals surface area contributed by atoms with Crippen molar-refractivity contribution in [2.24, 2.45) is 46.3 Å². The number of rotatable bonds is 5. The molecule has 0 aromatic heterocycles. The molecule has 0 radical (unpaired) electrons. The van der Waals surface area contributed by atoms with Crippen LogP contribution in [0.5, 0.6) is 0 Å². The minimum absolute atomic E-state index is 0.253. The monoisotopic (exact) mass is 420 g/mol. The normalized spacial score (nSPS) is 51.9. The van der Waals surface area contributed by atoms with Crippen LogP contribution in [0.15, 0.2) is 0 Å². The summed E-state index contributed by atoms with van der Waals surface area (Å²) in [6, 6.07) is 0. The molecule has 10 atom stereocenters. The van der Waals surface area contributed by atoms with Crippen molar-refractivity contribution in [1.82, 2.24) is 0 Å². The third-order valence-corrected chi connectivity index (χ3v) is 11.0. The molecule has 0 bridgehead atoms. The summed E-state index contributed by atoms with van der Waals surface area (Å²) < 4.78 is 0. The van der Waals surface area contributed by atoms with E-state index in [0.29, 0.717) is 29.6 Å². The smallest absolute Gasteiger partial charge is 0.0985 e. The molecule has 0 saturated heterocycles. The Balaban J connectivity index is 1.53. The Hall–Kier alpha value is -0.120. The predicted octanol–water partition coefficient (Wildman–Crippen LogP) is 5.55. The predicted molar refractivity (Wildman–Crippen MR) is 122 cm³/mol. The molecule has 4 aliphatic rings. The van der Waals surface area contributed by atoms with Crippen LogP contribution in [0.25, 0.3) is 0 Å². The summed E-state index contributed by atoms with van der Waals surface area (Å²) in [5.41, 5.74) is -0.962. The van der Waals surface area contributed by atoms with Gasteiger partial charge in [-0.05, 0) is 85.9 Å². The van der Waals surface area contributed by atoms with Crippen LogP contribution in [0.1, 0.15) is 105 Å². The molecule has 0 aliphatic heterocycles. The van der Waals surface area contributed by atoms with Gasteiger partial charge in [-0.2, -0.15) is 0 Å². The molecule has 3 heteroatoms. The molecule has 3 N–H and O–H groups in total. The van der Waals surface area contributed by atoms with Crippen molar-refractivity contribution >= 4 is 0 Å². The summed E-state index contributed by atoms with van der Waals surface area (Å²) in [5.74, 6) is 4.13. The first-order chi connectivity index (χ1) is 14.0. The molecular weight excluding hydrogens is 372 g/mol. The van der Waals surface area contributed by atoms with E-state index in [1.165, 1.54) is 44.9 Å². The second kappa shape index (κ2) is 8.03. The molecule has 4 fully saturated rings. The van der Waals surface area contributed by atoms with Crippen LogP contribution in [0, 0.1) is 46.3 Å². The highest BCUT2D eigenvalue weighted by Gasteiger charge is 2.67. The number of fused-ring (bicyclic) bond motifs is 5. The van der Waals surface area contributed by atoms with Gasteiger partial charge >= 0.3 is 0 Å². The van der Waals surface area contributed by atoms with E-state index in [0.717, 1.165) is 37.0 Å². The standard InChI is InChI=1S/C27H48O3/c1-17(2)7-6-8-18(3)21-9-10-22-20-15-24(29)27(30)16-19(28)11-14-26(27,5)23(20)12-13-25(21,22)4/h17-24,28-30H,6-16H2,1-5H3/t18?,19?,20?,21?,22?,23?,24?,25?,26?,27-/m1/s1. The van der Waals surface area contributed by atoms with Gasteiger partial charge in [-0.1, -0.05) is 53.9 Å². The zero-order valence-electron chi connectivity index (χ0n) is 20.2.